The van der Waals surface area contributed by atoms with Crippen LogP contribution in [0.4, 0.5) is 11.4 Å². The summed E-state index contributed by atoms with van der Waals surface area (Å²) in [7, 11) is 4.23. The first-order valence-corrected chi connectivity index (χ1v) is 9.66. The van der Waals surface area contributed by atoms with Crippen LogP contribution in [0.3, 0.4) is 0 Å². The number of nitrogens with zero attached hydrogens (tertiary/aromatic N) is 2. The molecular formula is C21H18N2O7S. The smallest absolute Gasteiger partial charge is 0.344 e. The van der Waals surface area contributed by atoms with Gasteiger partial charge in [0.1, 0.15) is 27.9 Å². The van der Waals surface area contributed by atoms with E-state index in [1.165, 1.54) is 39.5 Å². The van der Waals surface area contributed by atoms with Crippen molar-refractivity contribution >= 4 is 40.2 Å². The molecule has 1 aliphatic heterocycles. The Morgan fingerprint density at radius 2 is 1.94 bits per heavy atom. The second-order valence-electron chi connectivity index (χ2n) is 6.13. The average molecular weight is 442 g/mol. The summed E-state index contributed by atoms with van der Waals surface area (Å²) >= 11 is 1.03. The number of carbonyl (C=O) groups excluding carboxylic acids is 1. The molecule has 1 aliphatic rings. The maximum Gasteiger partial charge on any atom is 0.344 e. The highest BCUT2D eigenvalue weighted by molar-refractivity contribution is 8.18. The van der Waals surface area contributed by atoms with Gasteiger partial charge in [0, 0.05) is 23.8 Å². The summed E-state index contributed by atoms with van der Waals surface area (Å²) in [5.41, 5.74) is 0.626. The predicted octanol–water partition coefficient (Wildman–Crippen LogP) is 4.42. The third-order valence-electron chi connectivity index (χ3n) is 4.28. The lowest BCUT2D eigenvalue weighted by molar-refractivity contribution is -0.384. The van der Waals surface area contributed by atoms with E-state index in [-0.39, 0.29) is 27.8 Å². The van der Waals surface area contributed by atoms with Crippen molar-refractivity contribution < 1.29 is 29.0 Å². The van der Waals surface area contributed by atoms with Crippen LogP contribution in [0.1, 0.15) is 5.56 Å². The fourth-order valence-corrected chi connectivity index (χ4v) is 3.79. The van der Waals surface area contributed by atoms with Gasteiger partial charge in [-0.05, 0) is 24.3 Å². The van der Waals surface area contributed by atoms with Crippen molar-refractivity contribution in [1.29, 1.82) is 0 Å². The number of non-ortho nitro benzene ring substituents is 1. The number of hydrogen-bond donors (Lipinski definition) is 1. The standard InChI is InChI=1S/C21H18N2O7S/c1-28-15-8-7-12(16(11-15)29-2)9-17-19(24)18(21(25)30-3)20(31-17)22-13-5-4-6-14(10-13)23(26)27/h4-11,24H,1-3H3. The van der Waals surface area contributed by atoms with Gasteiger partial charge < -0.3 is 19.3 Å². The number of benzene rings is 2. The molecule has 1 heterocycles. The SMILES string of the molecule is COC(=O)C1=C(O)C(=Cc2ccc(OC)cc2OC)SC1=Nc1cccc([N+](=O)[O-])c1. The first kappa shape index (κ1) is 21.9. The molecule has 10 heteroatoms. The molecule has 0 atom stereocenters. The first-order chi connectivity index (χ1) is 14.9. The number of nitro benzene ring substituents is 1. The molecule has 160 valence electrons. The molecule has 0 amide bonds. The van der Waals surface area contributed by atoms with Gasteiger partial charge in [0.25, 0.3) is 5.69 Å². The summed E-state index contributed by atoms with van der Waals surface area (Å²) < 4.78 is 15.3. The van der Waals surface area contributed by atoms with Crippen molar-refractivity contribution in [3.05, 3.63) is 74.4 Å². The molecule has 0 aliphatic carbocycles. The molecule has 0 radical (unpaired) electrons. The van der Waals surface area contributed by atoms with E-state index in [9.17, 15) is 20.0 Å². The average Bonchev–Trinajstić information content (AvgIpc) is 3.08. The second-order valence-corrected chi connectivity index (χ2v) is 7.16. The summed E-state index contributed by atoms with van der Waals surface area (Å²) in [6.45, 7) is 0. The number of esters is 1. The van der Waals surface area contributed by atoms with E-state index < -0.39 is 10.9 Å². The van der Waals surface area contributed by atoms with Crippen LogP contribution in [0.2, 0.25) is 0 Å². The lowest BCUT2D eigenvalue weighted by Gasteiger charge is -2.08. The highest BCUT2D eigenvalue weighted by Crippen LogP contribution is 2.41. The minimum absolute atomic E-state index is 0.127. The zero-order valence-electron chi connectivity index (χ0n) is 16.8. The number of carbonyl (C=O) groups is 1. The number of rotatable bonds is 6. The lowest BCUT2D eigenvalue weighted by atomic mass is 10.1. The largest absolute Gasteiger partial charge is 0.506 e. The number of methoxy groups -OCH3 is 3. The molecule has 1 N–H and O–H groups in total. The number of nitro groups is 1. The molecule has 3 rings (SSSR count). The van der Waals surface area contributed by atoms with Crippen molar-refractivity contribution in [3.63, 3.8) is 0 Å². The van der Waals surface area contributed by atoms with Crippen LogP contribution in [-0.4, -0.2) is 42.4 Å². The van der Waals surface area contributed by atoms with Crippen molar-refractivity contribution in [2.24, 2.45) is 4.99 Å². The van der Waals surface area contributed by atoms with Crippen LogP contribution in [0, 0.1) is 10.1 Å². The van der Waals surface area contributed by atoms with Crippen LogP contribution in [0.15, 0.2) is 63.7 Å². The van der Waals surface area contributed by atoms with E-state index in [1.807, 2.05) is 0 Å². The zero-order valence-corrected chi connectivity index (χ0v) is 17.6. The van der Waals surface area contributed by atoms with E-state index in [1.54, 1.807) is 30.3 Å². The minimum Gasteiger partial charge on any atom is -0.506 e. The summed E-state index contributed by atoms with van der Waals surface area (Å²) in [6, 6.07) is 10.8. The highest BCUT2D eigenvalue weighted by atomic mass is 32.2. The molecule has 31 heavy (non-hydrogen) atoms. The van der Waals surface area contributed by atoms with Crippen LogP contribution in [-0.2, 0) is 9.53 Å². The van der Waals surface area contributed by atoms with Gasteiger partial charge in [0.2, 0.25) is 0 Å². The van der Waals surface area contributed by atoms with E-state index in [0.717, 1.165) is 11.8 Å². The molecule has 0 bridgehead atoms. The topological polar surface area (TPSA) is 120 Å². The van der Waals surface area contributed by atoms with E-state index in [4.69, 9.17) is 14.2 Å². The Balaban J connectivity index is 2.07. The third-order valence-corrected chi connectivity index (χ3v) is 5.30. The molecule has 0 spiro atoms. The fourth-order valence-electron chi connectivity index (χ4n) is 2.76. The van der Waals surface area contributed by atoms with Gasteiger partial charge in [-0.25, -0.2) is 9.79 Å². The summed E-state index contributed by atoms with van der Waals surface area (Å²) in [4.78, 5) is 27.4. The Kier molecular flexibility index (Phi) is 6.61. The summed E-state index contributed by atoms with van der Waals surface area (Å²) in [5.74, 6) is 0.0168. The van der Waals surface area contributed by atoms with Crippen molar-refractivity contribution in [1.82, 2.24) is 0 Å². The van der Waals surface area contributed by atoms with E-state index >= 15 is 0 Å². The summed E-state index contributed by atoms with van der Waals surface area (Å²) in [5, 5.41) is 21.9. The minimum atomic E-state index is -0.778. The molecule has 0 saturated heterocycles. The Hall–Kier alpha value is -3.79. The second kappa shape index (κ2) is 9.35. The van der Waals surface area contributed by atoms with Gasteiger partial charge in [-0.2, -0.15) is 0 Å². The molecule has 0 unspecified atom stereocenters. The Bertz CT molecular complexity index is 1140. The maximum atomic E-state index is 12.3. The van der Waals surface area contributed by atoms with Crippen LogP contribution >= 0.6 is 11.8 Å². The Labute approximate surface area is 181 Å². The predicted molar refractivity (Wildman–Crippen MR) is 117 cm³/mol. The van der Waals surface area contributed by atoms with E-state index in [0.29, 0.717) is 22.0 Å². The van der Waals surface area contributed by atoms with Crippen molar-refractivity contribution in [3.8, 4) is 11.5 Å². The number of aliphatic hydroxyl groups excluding tert-OH is 1. The van der Waals surface area contributed by atoms with Gasteiger partial charge in [0.05, 0.1) is 36.8 Å². The Morgan fingerprint density at radius 1 is 1.16 bits per heavy atom. The summed E-state index contributed by atoms with van der Waals surface area (Å²) in [6.07, 6.45) is 1.64. The fraction of sp³-hybridized carbons (Fsp3) is 0.143. The number of aliphatic imine (C=N–C) groups is 1. The third kappa shape index (κ3) is 4.69. The molecule has 0 fully saturated rings. The quantitative estimate of drug-likeness (QED) is 0.397. The van der Waals surface area contributed by atoms with Gasteiger partial charge in [-0.1, -0.05) is 17.8 Å². The molecular weight excluding hydrogens is 424 g/mol. The lowest BCUT2D eigenvalue weighted by Crippen LogP contribution is -2.10. The number of aliphatic hydroxyl groups is 1. The molecule has 0 aromatic heterocycles. The molecule has 2 aromatic carbocycles. The van der Waals surface area contributed by atoms with E-state index in [2.05, 4.69) is 4.99 Å². The number of ether oxygens (including phenoxy) is 3. The Morgan fingerprint density at radius 3 is 2.58 bits per heavy atom. The zero-order chi connectivity index (χ0) is 22.5. The molecule has 0 saturated carbocycles. The number of thioether (sulfide) groups is 1. The van der Waals surface area contributed by atoms with Crippen LogP contribution in [0.25, 0.3) is 6.08 Å². The van der Waals surface area contributed by atoms with Crippen LogP contribution < -0.4 is 9.47 Å². The maximum absolute atomic E-state index is 12.3. The van der Waals surface area contributed by atoms with Crippen LogP contribution in [0.5, 0.6) is 11.5 Å². The normalized spacial score (nSPS) is 16.0. The highest BCUT2D eigenvalue weighted by Gasteiger charge is 2.33. The van der Waals surface area contributed by atoms with Crippen molar-refractivity contribution in [2.45, 2.75) is 0 Å². The van der Waals surface area contributed by atoms with Gasteiger partial charge in [0.15, 0.2) is 0 Å². The first-order valence-electron chi connectivity index (χ1n) is 8.85. The van der Waals surface area contributed by atoms with Gasteiger partial charge in [-0.3, -0.25) is 10.1 Å². The van der Waals surface area contributed by atoms with Crippen molar-refractivity contribution in [2.75, 3.05) is 21.3 Å². The molecule has 2 aromatic rings. The number of hydrogen-bond acceptors (Lipinski definition) is 9. The van der Waals surface area contributed by atoms with Gasteiger partial charge >= 0.3 is 5.97 Å². The molecule has 9 nitrogen and oxygen atoms in total. The monoisotopic (exact) mass is 442 g/mol. The van der Waals surface area contributed by atoms with Gasteiger partial charge in [-0.15, -0.1) is 0 Å².